The van der Waals surface area contributed by atoms with Crippen LogP contribution in [0.1, 0.15) is 27.2 Å². The van der Waals surface area contributed by atoms with Gasteiger partial charge in [-0.25, -0.2) is 0 Å². The normalized spacial score (nSPS) is 13.2. The Hall–Kier alpha value is -0.160. The van der Waals surface area contributed by atoms with Crippen LogP contribution in [-0.4, -0.2) is 64.1 Å². The van der Waals surface area contributed by atoms with Crippen molar-refractivity contribution in [2.24, 2.45) is 0 Å². The molecule has 0 aliphatic heterocycles. The zero-order valence-corrected chi connectivity index (χ0v) is 12.0. The van der Waals surface area contributed by atoms with E-state index >= 15 is 0 Å². The molecule has 104 valence electrons. The van der Waals surface area contributed by atoms with Crippen molar-refractivity contribution in [3.63, 3.8) is 0 Å². The molecule has 0 aromatic heterocycles. The lowest BCUT2D eigenvalue weighted by molar-refractivity contribution is -0.00809. The van der Waals surface area contributed by atoms with Crippen LogP contribution in [0.15, 0.2) is 0 Å². The van der Waals surface area contributed by atoms with Crippen LogP contribution in [0.3, 0.4) is 0 Å². The molecule has 0 aromatic carbocycles. The van der Waals surface area contributed by atoms with E-state index in [0.29, 0.717) is 6.61 Å². The van der Waals surface area contributed by atoms with Crippen molar-refractivity contribution in [1.29, 1.82) is 0 Å². The monoisotopic (exact) mass is 246 g/mol. The van der Waals surface area contributed by atoms with E-state index in [9.17, 15) is 0 Å². The molecule has 0 amide bonds. The summed E-state index contributed by atoms with van der Waals surface area (Å²) in [6.45, 7) is 13.1. The first-order valence-electron chi connectivity index (χ1n) is 6.81. The standard InChI is InChI=1S/C13H30N2O2/c1-5-8-14-11-13(12-16-4)17-10-9-15(6-2)7-3/h13-14H,5-12H2,1-4H3. The van der Waals surface area contributed by atoms with E-state index in [1.54, 1.807) is 7.11 Å². The first kappa shape index (κ1) is 16.8. The average Bonchev–Trinajstić information content (AvgIpc) is 2.35. The molecule has 0 aliphatic carbocycles. The van der Waals surface area contributed by atoms with Crippen LogP contribution in [0.25, 0.3) is 0 Å². The number of hydrogen-bond donors (Lipinski definition) is 1. The fourth-order valence-corrected chi connectivity index (χ4v) is 1.68. The molecular formula is C13H30N2O2. The molecule has 4 heteroatoms. The van der Waals surface area contributed by atoms with E-state index in [4.69, 9.17) is 9.47 Å². The quantitative estimate of drug-likeness (QED) is 0.527. The van der Waals surface area contributed by atoms with Crippen LogP contribution >= 0.6 is 0 Å². The lowest BCUT2D eigenvalue weighted by Gasteiger charge is -2.21. The summed E-state index contributed by atoms with van der Waals surface area (Å²) in [5.74, 6) is 0. The second-order valence-corrected chi connectivity index (χ2v) is 4.18. The highest BCUT2D eigenvalue weighted by Crippen LogP contribution is 1.94. The molecule has 1 N–H and O–H groups in total. The van der Waals surface area contributed by atoms with Crippen LogP contribution in [0, 0.1) is 0 Å². The molecule has 0 saturated heterocycles. The summed E-state index contributed by atoms with van der Waals surface area (Å²) in [6, 6.07) is 0. The van der Waals surface area contributed by atoms with Crippen molar-refractivity contribution in [3.05, 3.63) is 0 Å². The lowest BCUT2D eigenvalue weighted by Crippen LogP contribution is -2.35. The lowest BCUT2D eigenvalue weighted by atomic mass is 10.3. The van der Waals surface area contributed by atoms with Gasteiger partial charge in [0.05, 0.1) is 19.3 Å². The number of likely N-dealkylation sites (N-methyl/N-ethyl adjacent to an activating group) is 1. The molecule has 0 fully saturated rings. The minimum atomic E-state index is 0.169. The Kier molecular flexibility index (Phi) is 12.2. The van der Waals surface area contributed by atoms with Gasteiger partial charge in [0.15, 0.2) is 0 Å². The van der Waals surface area contributed by atoms with E-state index < -0.39 is 0 Å². The Balaban J connectivity index is 3.67. The number of nitrogens with zero attached hydrogens (tertiary/aromatic N) is 1. The fraction of sp³-hybridized carbons (Fsp3) is 1.00. The summed E-state index contributed by atoms with van der Waals surface area (Å²) in [5.41, 5.74) is 0. The number of rotatable bonds is 12. The maximum Gasteiger partial charge on any atom is 0.0932 e. The van der Waals surface area contributed by atoms with Gasteiger partial charge >= 0.3 is 0 Å². The Morgan fingerprint density at radius 1 is 1.18 bits per heavy atom. The van der Waals surface area contributed by atoms with Gasteiger partial charge < -0.3 is 19.7 Å². The summed E-state index contributed by atoms with van der Waals surface area (Å²) < 4.78 is 11.0. The molecule has 1 atom stereocenters. The zero-order chi connectivity index (χ0) is 12.9. The molecule has 0 bridgehead atoms. The first-order valence-corrected chi connectivity index (χ1v) is 6.81. The van der Waals surface area contributed by atoms with Crippen molar-refractivity contribution >= 4 is 0 Å². The fourth-order valence-electron chi connectivity index (χ4n) is 1.68. The summed E-state index contributed by atoms with van der Waals surface area (Å²) >= 11 is 0. The molecule has 17 heavy (non-hydrogen) atoms. The Morgan fingerprint density at radius 3 is 2.41 bits per heavy atom. The van der Waals surface area contributed by atoms with Crippen LogP contribution in [0.5, 0.6) is 0 Å². The van der Waals surface area contributed by atoms with Crippen LogP contribution < -0.4 is 5.32 Å². The van der Waals surface area contributed by atoms with Crippen LogP contribution in [-0.2, 0) is 9.47 Å². The van der Waals surface area contributed by atoms with Gasteiger partial charge in [0.1, 0.15) is 0 Å². The highest BCUT2D eigenvalue weighted by atomic mass is 16.5. The topological polar surface area (TPSA) is 33.7 Å². The van der Waals surface area contributed by atoms with Gasteiger partial charge in [-0.2, -0.15) is 0 Å². The molecule has 0 rings (SSSR count). The molecule has 0 spiro atoms. The molecule has 0 radical (unpaired) electrons. The SMILES string of the molecule is CCCNCC(COC)OCCN(CC)CC. The predicted octanol–water partition coefficient (Wildman–Crippen LogP) is 1.36. The van der Waals surface area contributed by atoms with E-state index in [1.165, 1.54) is 0 Å². The van der Waals surface area contributed by atoms with E-state index in [1.807, 2.05) is 0 Å². The van der Waals surface area contributed by atoms with Crippen LogP contribution in [0.4, 0.5) is 0 Å². The molecule has 0 heterocycles. The Bertz CT molecular complexity index is 152. The van der Waals surface area contributed by atoms with Crippen molar-refractivity contribution in [3.8, 4) is 0 Å². The molecule has 0 aliphatic rings. The highest BCUT2D eigenvalue weighted by molar-refractivity contribution is 4.61. The smallest absolute Gasteiger partial charge is 0.0932 e. The molecule has 4 nitrogen and oxygen atoms in total. The van der Waals surface area contributed by atoms with Gasteiger partial charge in [-0.05, 0) is 26.1 Å². The van der Waals surface area contributed by atoms with E-state index in [2.05, 4.69) is 31.0 Å². The largest absolute Gasteiger partial charge is 0.382 e. The number of methoxy groups -OCH3 is 1. The zero-order valence-electron chi connectivity index (χ0n) is 12.0. The second-order valence-electron chi connectivity index (χ2n) is 4.18. The number of nitrogens with one attached hydrogen (secondary N) is 1. The minimum absolute atomic E-state index is 0.169. The van der Waals surface area contributed by atoms with Crippen molar-refractivity contribution in [1.82, 2.24) is 10.2 Å². The third kappa shape index (κ3) is 9.53. The van der Waals surface area contributed by atoms with E-state index in [-0.39, 0.29) is 6.10 Å². The van der Waals surface area contributed by atoms with Gasteiger partial charge in [-0.3, -0.25) is 0 Å². The highest BCUT2D eigenvalue weighted by Gasteiger charge is 2.08. The predicted molar refractivity (Wildman–Crippen MR) is 72.6 cm³/mol. The van der Waals surface area contributed by atoms with Gasteiger partial charge in [0, 0.05) is 20.2 Å². The molecule has 1 unspecified atom stereocenters. The molecular weight excluding hydrogens is 216 g/mol. The second kappa shape index (κ2) is 12.3. The summed E-state index contributed by atoms with van der Waals surface area (Å²) in [7, 11) is 1.72. The van der Waals surface area contributed by atoms with Gasteiger partial charge in [0.25, 0.3) is 0 Å². The van der Waals surface area contributed by atoms with Crippen molar-refractivity contribution in [2.45, 2.75) is 33.3 Å². The summed E-state index contributed by atoms with van der Waals surface area (Å²) in [6.07, 6.45) is 1.32. The van der Waals surface area contributed by atoms with E-state index in [0.717, 1.165) is 45.8 Å². The third-order valence-corrected chi connectivity index (χ3v) is 2.81. The first-order chi connectivity index (χ1) is 8.28. The average molecular weight is 246 g/mol. The summed E-state index contributed by atoms with van der Waals surface area (Å²) in [4.78, 5) is 2.36. The Morgan fingerprint density at radius 2 is 1.88 bits per heavy atom. The minimum Gasteiger partial charge on any atom is -0.382 e. The maximum atomic E-state index is 5.83. The molecule has 0 aromatic rings. The third-order valence-electron chi connectivity index (χ3n) is 2.81. The van der Waals surface area contributed by atoms with Crippen LogP contribution in [0.2, 0.25) is 0 Å². The number of ether oxygens (including phenoxy) is 2. The molecule has 0 saturated carbocycles. The van der Waals surface area contributed by atoms with Crippen molar-refractivity contribution < 1.29 is 9.47 Å². The van der Waals surface area contributed by atoms with Gasteiger partial charge in [-0.1, -0.05) is 20.8 Å². The van der Waals surface area contributed by atoms with Gasteiger partial charge in [-0.15, -0.1) is 0 Å². The van der Waals surface area contributed by atoms with Crippen molar-refractivity contribution in [2.75, 3.05) is 53.0 Å². The number of hydrogen-bond acceptors (Lipinski definition) is 4. The maximum absolute atomic E-state index is 5.83. The summed E-state index contributed by atoms with van der Waals surface area (Å²) in [5, 5.41) is 3.37. The Labute approximate surface area is 107 Å². The van der Waals surface area contributed by atoms with Gasteiger partial charge in [0.2, 0.25) is 0 Å².